The molecule has 2 rings (SSSR count). The van der Waals surface area contributed by atoms with Gasteiger partial charge in [0.05, 0.1) is 22.3 Å². The first-order valence-electron chi connectivity index (χ1n) is 6.28. The van der Waals surface area contributed by atoms with Crippen LogP contribution in [0.3, 0.4) is 0 Å². The fourth-order valence-corrected chi connectivity index (χ4v) is 3.41. The van der Waals surface area contributed by atoms with Crippen molar-refractivity contribution in [2.24, 2.45) is 5.10 Å². The summed E-state index contributed by atoms with van der Waals surface area (Å²) in [5, 5.41) is 7.58. The summed E-state index contributed by atoms with van der Waals surface area (Å²) in [6, 6.07) is 13.5. The summed E-state index contributed by atoms with van der Waals surface area (Å²) >= 11 is 12.1. The van der Waals surface area contributed by atoms with E-state index in [1.54, 1.807) is 13.3 Å². The van der Waals surface area contributed by atoms with E-state index in [-0.39, 0.29) is 0 Å². The molecule has 0 aliphatic rings. The van der Waals surface area contributed by atoms with Gasteiger partial charge in [-0.25, -0.2) is 0 Å². The number of methoxy groups -OCH3 is 1. The van der Waals surface area contributed by atoms with Gasteiger partial charge in [0, 0.05) is 5.69 Å². The predicted octanol–water partition coefficient (Wildman–Crippen LogP) is 4.54. The first-order valence-corrected chi connectivity index (χ1v) is 8.27. The number of hydrogen-bond donors (Lipinski definition) is 2. The van der Waals surface area contributed by atoms with Crippen molar-refractivity contribution >= 4 is 61.1 Å². The lowest BCUT2D eigenvalue weighted by atomic mass is 10.2. The number of benzene rings is 2. The standard InChI is InChI=1S/C15H13Br2N3OS/c1-21-14-12(16)7-10(8-13(14)17)9-18-20-15(22)19-11-5-3-2-4-6-11/h2-9H,1H3,(H2,19,20,22)/b18-9+. The van der Waals surface area contributed by atoms with E-state index < -0.39 is 0 Å². The summed E-state index contributed by atoms with van der Waals surface area (Å²) in [6.45, 7) is 0. The fourth-order valence-electron chi connectivity index (χ4n) is 1.70. The lowest BCUT2D eigenvalue weighted by Crippen LogP contribution is -2.23. The third-order valence-electron chi connectivity index (χ3n) is 2.64. The van der Waals surface area contributed by atoms with Crippen LogP contribution in [0.1, 0.15) is 5.56 Å². The van der Waals surface area contributed by atoms with E-state index >= 15 is 0 Å². The van der Waals surface area contributed by atoms with Crippen molar-refractivity contribution < 1.29 is 4.74 Å². The van der Waals surface area contributed by atoms with Crippen molar-refractivity contribution in [2.45, 2.75) is 0 Å². The Balaban J connectivity index is 1.96. The van der Waals surface area contributed by atoms with Gasteiger partial charge in [0.1, 0.15) is 5.75 Å². The van der Waals surface area contributed by atoms with Gasteiger partial charge in [0.15, 0.2) is 5.11 Å². The van der Waals surface area contributed by atoms with Gasteiger partial charge >= 0.3 is 0 Å². The summed E-state index contributed by atoms with van der Waals surface area (Å²) in [5.41, 5.74) is 4.58. The van der Waals surface area contributed by atoms with Gasteiger partial charge in [-0.2, -0.15) is 5.10 Å². The van der Waals surface area contributed by atoms with Crippen LogP contribution in [-0.2, 0) is 0 Å². The zero-order valence-electron chi connectivity index (χ0n) is 11.6. The Morgan fingerprint density at radius 3 is 2.41 bits per heavy atom. The highest BCUT2D eigenvalue weighted by Gasteiger charge is 2.06. The topological polar surface area (TPSA) is 45.6 Å². The molecule has 0 saturated heterocycles. The average Bonchev–Trinajstić information content (AvgIpc) is 2.48. The molecule has 0 unspecified atom stereocenters. The summed E-state index contributed by atoms with van der Waals surface area (Å²) < 4.78 is 6.94. The zero-order chi connectivity index (χ0) is 15.9. The first-order chi connectivity index (χ1) is 10.6. The molecule has 0 saturated carbocycles. The van der Waals surface area contributed by atoms with Crippen LogP contribution in [0, 0.1) is 0 Å². The molecule has 2 aromatic carbocycles. The molecule has 0 radical (unpaired) electrons. The summed E-state index contributed by atoms with van der Waals surface area (Å²) in [6.07, 6.45) is 1.67. The van der Waals surface area contributed by atoms with Crippen LogP contribution >= 0.6 is 44.1 Å². The van der Waals surface area contributed by atoms with Gasteiger partial charge in [0.2, 0.25) is 0 Å². The molecule has 7 heteroatoms. The summed E-state index contributed by atoms with van der Waals surface area (Å²) in [5.74, 6) is 0.742. The second kappa shape index (κ2) is 8.26. The van der Waals surface area contributed by atoms with E-state index in [1.807, 2.05) is 42.5 Å². The number of anilines is 1. The number of ether oxygens (including phenoxy) is 1. The zero-order valence-corrected chi connectivity index (χ0v) is 15.6. The minimum absolute atomic E-state index is 0.425. The van der Waals surface area contributed by atoms with Crippen molar-refractivity contribution in [3.8, 4) is 5.75 Å². The molecule has 4 nitrogen and oxygen atoms in total. The smallest absolute Gasteiger partial charge is 0.191 e. The van der Waals surface area contributed by atoms with E-state index in [0.29, 0.717) is 5.11 Å². The third-order valence-corrected chi connectivity index (χ3v) is 4.01. The van der Waals surface area contributed by atoms with Crippen molar-refractivity contribution in [1.29, 1.82) is 0 Å². The second-order valence-electron chi connectivity index (χ2n) is 4.21. The lowest BCUT2D eigenvalue weighted by molar-refractivity contribution is 0.409. The molecule has 0 heterocycles. The van der Waals surface area contributed by atoms with E-state index in [0.717, 1.165) is 25.9 Å². The number of thiocarbonyl (C=S) groups is 1. The maximum atomic E-state index is 5.26. The van der Waals surface area contributed by atoms with Crippen LogP contribution in [0.4, 0.5) is 5.69 Å². The van der Waals surface area contributed by atoms with Crippen LogP contribution < -0.4 is 15.5 Å². The minimum atomic E-state index is 0.425. The van der Waals surface area contributed by atoms with Crippen LogP contribution in [-0.4, -0.2) is 18.4 Å². The quantitative estimate of drug-likeness (QED) is 0.414. The van der Waals surface area contributed by atoms with Gasteiger partial charge in [0.25, 0.3) is 0 Å². The van der Waals surface area contributed by atoms with Crippen molar-refractivity contribution in [3.05, 3.63) is 57.0 Å². The van der Waals surface area contributed by atoms with E-state index in [1.165, 1.54) is 0 Å². The minimum Gasteiger partial charge on any atom is -0.494 e. The van der Waals surface area contributed by atoms with Crippen LogP contribution in [0.5, 0.6) is 5.75 Å². The van der Waals surface area contributed by atoms with E-state index in [2.05, 4.69) is 47.7 Å². The third kappa shape index (κ3) is 4.79. The van der Waals surface area contributed by atoms with E-state index in [4.69, 9.17) is 17.0 Å². The highest BCUT2D eigenvalue weighted by Crippen LogP contribution is 2.33. The molecule has 0 aliphatic carbocycles. The van der Waals surface area contributed by atoms with E-state index in [9.17, 15) is 0 Å². The van der Waals surface area contributed by atoms with Gasteiger partial charge in [-0.1, -0.05) is 18.2 Å². The Kier molecular flexibility index (Phi) is 6.35. The lowest BCUT2D eigenvalue weighted by Gasteiger charge is -2.08. The van der Waals surface area contributed by atoms with Crippen molar-refractivity contribution in [1.82, 2.24) is 5.43 Å². The Morgan fingerprint density at radius 2 is 1.82 bits per heavy atom. The molecule has 2 aromatic rings. The average molecular weight is 443 g/mol. The molecular formula is C15H13Br2N3OS. The molecule has 0 atom stereocenters. The van der Waals surface area contributed by atoms with Gasteiger partial charge < -0.3 is 10.1 Å². The number of nitrogens with zero attached hydrogens (tertiary/aromatic N) is 1. The van der Waals surface area contributed by atoms with Crippen LogP contribution in [0.25, 0.3) is 0 Å². The Hall–Kier alpha value is -1.44. The normalized spacial score (nSPS) is 10.5. The molecule has 114 valence electrons. The SMILES string of the molecule is COc1c(Br)cc(/C=N/NC(=S)Nc2ccccc2)cc1Br. The number of rotatable bonds is 4. The Labute approximate surface area is 151 Å². The highest BCUT2D eigenvalue weighted by atomic mass is 79.9. The van der Waals surface area contributed by atoms with Gasteiger partial charge in [-0.3, -0.25) is 5.43 Å². The molecule has 0 aliphatic heterocycles. The molecular weight excluding hydrogens is 430 g/mol. The molecule has 0 fully saturated rings. The fraction of sp³-hybridized carbons (Fsp3) is 0.0667. The summed E-state index contributed by atoms with van der Waals surface area (Å²) in [4.78, 5) is 0. The highest BCUT2D eigenvalue weighted by molar-refractivity contribution is 9.11. The largest absolute Gasteiger partial charge is 0.494 e. The van der Waals surface area contributed by atoms with Gasteiger partial charge in [-0.05, 0) is 73.9 Å². The molecule has 2 N–H and O–H groups in total. The molecule has 0 aromatic heterocycles. The monoisotopic (exact) mass is 441 g/mol. The number of hydrazone groups is 1. The van der Waals surface area contributed by atoms with Crippen molar-refractivity contribution in [3.63, 3.8) is 0 Å². The molecule has 0 spiro atoms. The Bertz CT molecular complexity index is 669. The number of para-hydroxylation sites is 1. The van der Waals surface area contributed by atoms with Crippen LogP contribution in [0.2, 0.25) is 0 Å². The molecule has 0 amide bonds. The summed E-state index contributed by atoms with van der Waals surface area (Å²) in [7, 11) is 1.62. The van der Waals surface area contributed by atoms with Crippen molar-refractivity contribution in [2.75, 3.05) is 12.4 Å². The maximum Gasteiger partial charge on any atom is 0.191 e. The predicted molar refractivity (Wildman–Crippen MR) is 102 cm³/mol. The Morgan fingerprint density at radius 1 is 1.18 bits per heavy atom. The number of nitrogens with one attached hydrogen (secondary N) is 2. The first kappa shape index (κ1) is 16.9. The number of hydrogen-bond acceptors (Lipinski definition) is 3. The molecule has 0 bridgehead atoms. The molecule has 22 heavy (non-hydrogen) atoms. The maximum absolute atomic E-state index is 5.26. The number of halogens is 2. The second-order valence-corrected chi connectivity index (χ2v) is 6.32. The van der Waals surface area contributed by atoms with Gasteiger partial charge in [-0.15, -0.1) is 0 Å². The van der Waals surface area contributed by atoms with Crippen LogP contribution in [0.15, 0.2) is 56.5 Å².